The molecule has 1 unspecified atom stereocenters. The van der Waals surface area contributed by atoms with Crippen LogP contribution in [0.5, 0.6) is 0 Å². The standard InChI is InChI=1S/C13H13FN4O5/c1-13(8-5-7(18(22)23)3-4-9(8)14)6-10(19)17(2)11(16-13)15-12(20)21/h3-5H,6H2,1-2H3,(H,15,16)(H,20,21). The van der Waals surface area contributed by atoms with Gasteiger partial charge in [-0.1, -0.05) is 0 Å². The van der Waals surface area contributed by atoms with Crippen molar-refractivity contribution in [3.8, 4) is 0 Å². The summed E-state index contributed by atoms with van der Waals surface area (Å²) in [5.41, 5.74) is -1.83. The molecule has 10 heteroatoms. The summed E-state index contributed by atoms with van der Waals surface area (Å²) in [4.78, 5) is 37.2. The summed E-state index contributed by atoms with van der Waals surface area (Å²) in [5, 5.41) is 22.3. The minimum absolute atomic E-state index is 0.119. The zero-order chi connectivity index (χ0) is 17.4. The molecule has 1 atom stereocenters. The molecule has 1 aliphatic rings. The number of non-ortho nitro benzene ring substituents is 1. The van der Waals surface area contributed by atoms with Crippen LogP contribution in [0, 0.1) is 15.9 Å². The van der Waals surface area contributed by atoms with Crippen LogP contribution in [0.2, 0.25) is 0 Å². The second kappa shape index (κ2) is 5.63. The predicted octanol–water partition coefficient (Wildman–Crippen LogP) is 1.43. The maximum absolute atomic E-state index is 14.1. The van der Waals surface area contributed by atoms with Gasteiger partial charge in [0.15, 0.2) is 0 Å². The molecule has 2 N–H and O–H groups in total. The fourth-order valence-corrected chi connectivity index (χ4v) is 2.32. The normalized spacial score (nSPS) is 22.8. The Morgan fingerprint density at radius 3 is 2.78 bits per heavy atom. The van der Waals surface area contributed by atoms with E-state index < -0.39 is 28.3 Å². The van der Waals surface area contributed by atoms with Crippen molar-refractivity contribution < 1.29 is 24.0 Å². The number of amides is 2. The topological polar surface area (TPSA) is 125 Å². The number of hydrogen-bond donors (Lipinski definition) is 2. The van der Waals surface area contributed by atoms with Crippen molar-refractivity contribution in [1.29, 1.82) is 0 Å². The van der Waals surface area contributed by atoms with Gasteiger partial charge in [-0.25, -0.2) is 9.18 Å². The lowest BCUT2D eigenvalue weighted by atomic mass is 9.86. The largest absolute Gasteiger partial charge is 0.463 e. The van der Waals surface area contributed by atoms with Crippen LogP contribution in [0.15, 0.2) is 23.2 Å². The number of guanidine groups is 1. The van der Waals surface area contributed by atoms with E-state index in [0.717, 1.165) is 23.1 Å². The third-order valence-corrected chi connectivity index (χ3v) is 3.54. The Kier molecular flexibility index (Phi) is 4.00. The van der Waals surface area contributed by atoms with E-state index in [9.17, 15) is 24.1 Å². The van der Waals surface area contributed by atoms with Gasteiger partial charge in [-0.05, 0) is 13.0 Å². The molecule has 1 aromatic rings. The highest BCUT2D eigenvalue weighted by molar-refractivity contribution is 6.03. The minimum atomic E-state index is -1.53. The van der Waals surface area contributed by atoms with Crippen molar-refractivity contribution in [1.82, 2.24) is 10.2 Å². The van der Waals surface area contributed by atoms with Crippen LogP contribution in [0.4, 0.5) is 14.9 Å². The highest BCUT2D eigenvalue weighted by atomic mass is 19.1. The third kappa shape index (κ3) is 3.10. The Labute approximate surface area is 129 Å². The lowest BCUT2D eigenvalue weighted by Crippen LogP contribution is -2.59. The molecule has 0 radical (unpaired) electrons. The molecule has 0 aromatic heterocycles. The number of nitro groups is 1. The van der Waals surface area contributed by atoms with Crippen molar-refractivity contribution >= 4 is 23.6 Å². The summed E-state index contributed by atoms with van der Waals surface area (Å²) in [6.07, 6.45) is -1.75. The maximum atomic E-state index is 14.1. The quantitative estimate of drug-likeness (QED) is 0.626. The summed E-state index contributed by atoms with van der Waals surface area (Å²) in [5.74, 6) is -1.53. The molecule has 0 spiro atoms. The van der Waals surface area contributed by atoms with E-state index in [1.807, 2.05) is 0 Å². The first kappa shape index (κ1) is 16.3. The van der Waals surface area contributed by atoms with E-state index in [2.05, 4.69) is 10.3 Å². The van der Waals surface area contributed by atoms with Gasteiger partial charge in [0.05, 0.1) is 16.9 Å². The molecule has 1 heterocycles. The first-order valence-electron chi connectivity index (χ1n) is 6.45. The van der Waals surface area contributed by atoms with Gasteiger partial charge in [0.2, 0.25) is 11.9 Å². The van der Waals surface area contributed by atoms with E-state index in [-0.39, 0.29) is 23.6 Å². The number of aliphatic imine (C=N–C) groups is 1. The lowest BCUT2D eigenvalue weighted by molar-refractivity contribution is -0.385. The van der Waals surface area contributed by atoms with E-state index in [1.54, 1.807) is 0 Å². The highest BCUT2D eigenvalue weighted by Gasteiger charge is 2.41. The van der Waals surface area contributed by atoms with Crippen molar-refractivity contribution in [2.75, 3.05) is 7.05 Å². The summed E-state index contributed by atoms with van der Waals surface area (Å²) >= 11 is 0. The summed E-state index contributed by atoms with van der Waals surface area (Å²) < 4.78 is 14.1. The third-order valence-electron chi connectivity index (χ3n) is 3.54. The van der Waals surface area contributed by atoms with Crippen LogP contribution in [-0.2, 0) is 10.3 Å². The molecule has 1 fully saturated rings. The molecule has 2 rings (SSSR count). The smallest absolute Gasteiger partial charge is 0.434 e. The van der Waals surface area contributed by atoms with Gasteiger partial charge < -0.3 is 10.4 Å². The Balaban J connectivity index is 2.53. The monoisotopic (exact) mass is 324 g/mol. The molecule has 2 amide bonds. The van der Waals surface area contributed by atoms with E-state index >= 15 is 0 Å². The predicted molar refractivity (Wildman–Crippen MR) is 76.4 cm³/mol. The van der Waals surface area contributed by atoms with Crippen LogP contribution >= 0.6 is 0 Å². The molecule has 1 aromatic carbocycles. The first-order chi connectivity index (χ1) is 10.6. The summed E-state index contributed by atoms with van der Waals surface area (Å²) in [6.45, 7) is 1.44. The number of nitro benzene ring substituents is 1. The number of carbonyl (C=O) groups excluding carboxylic acids is 1. The van der Waals surface area contributed by atoms with Crippen LogP contribution in [0.3, 0.4) is 0 Å². The van der Waals surface area contributed by atoms with E-state index in [4.69, 9.17) is 5.11 Å². The van der Waals surface area contributed by atoms with Crippen molar-refractivity contribution in [2.24, 2.45) is 4.99 Å². The number of rotatable bonds is 2. The Hall–Kier alpha value is -3.04. The van der Waals surface area contributed by atoms with Gasteiger partial charge in [0.25, 0.3) is 5.69 Å². The Morgan fingerprint density at radius 1 is 1.57 bits per heavy atom. The van der Waals surface area contributed by atoms with Crippen LogP contribution < -0.4 is 5.32 Å². The fourth-order valence-electron chi connectivity index (χ4n) is 2.32. The number of nitrogens with zero attached hydrogens (tertiary/aromatic N) is 3. The molecule has 0 aliphatic carbocycles. The molecule has 9 nitrogen and oxygen atoms in total. The van der Waals surface area contributed by atoms with Gasteiger partial charge in [0.1, 0.15) is 5.82 Å². The summed E-state index contributed by atoms with van der Waals surface area (Å²) in [7, 11) is 1.32. The van der Waals surface area contributed by atoms with E-state index in [0.29, 0.717) is 0 Å². The molecule has 23 heavy (non-hydrogen) atoms. The summed E-state index contributed by atoms with van der Waals surface area (Å²) in [6, 6.07) is 2.95. The first-order valence-corrected chi connectivity index (χ1v) is 6.45. The van der Waals surface area contributed by atoms with Gasteiger partial charge in [0, 0.05) is 24.7 Å². The molecule has 1 saturated heterocycles. The number of carbonyl (C=O) groups is 2. The molecular formula is C13H13FN4O5. The van der Waals surface area contributed by atoms with Gasteiger partial charge in [-0.2, -0.15) is 0 Å². The average Bonchev–Trinajstić information content (AvgIpc) is 2.43. The van der Waals surface area contributed by atoms with Gasteiger partial charge in [-0.3, -0.25) is 19.8 Å². The van der Waals surface area contributed by atoms with Gasteiger partial charge in [-0.15, -0.1) is 4.99 Å². The van der Waals surface area contributed by atoms with E-state index in [1.165, 1.54) is 14.0 Å². The van der Waals surface area contributed by atoms with Crippen molar-refractivity contribution in [2.45, 2.75) is 18.9 Å². The van der Waals surface area contributed by atoms with Crippen LogP contribution in [-0.4, -0.2) is 39.9 Å². The van der Waals surface area contributed by atoms with Gasteiger partial charge >= 0.3 is 6.09 Å². The van der Waals surface area contributed by atoms with Crippen LogP contribution in [0.25, 0.3) is 0 Å². The average molecular weight is 324 g/mol. The Morgan fingerprint density at radius 2 is 2.22 bits per heavy atom. The highest BCUT2D eigenvalue weighted by Crippen LogP contribution is 2.32. The molecule has 122 valence electrons. The number of halogens is 1. The maximum Gasteiger partial charge on any atom is 0.434 e. The fraction of sp³-hybridized carbons (Fsp3) is 0.308. The van der Waals surface area contributed by atoms with Crippen molar-refractivity contribution in [3.05, 3.63) is 39.7 Å². The lowest BCUT2D eigenvalue weighted by Gasteiger charge is -2.39. The second-order valence-electron chi connectivity index (χ2n) is 5.23. The zero-order valence-corrected chi connectivity index (χ0v) is 12.2. The van der Waals surface area contributed by atoms with Crippen molar-refractivity contribution in [3.63, 3.8) is 0 Å². The molecule has 0 bridgehead atoms. The zero-order valence-electron chi connectivity index (χ0n) is 12.2. The number of carboxylic acid groups (broad SMARTS) is 1. The number of benzene rings is 1. The molecular weight excluding hydrogens is 311 g/mol. The molecule has 1 aliphatic heterocycles. The van der Waals surface area contributed by atoms with Crippen LogP contribution in [0.1, 0.15) is 18.9 Å². The Bertz CT molecular complexity index is 735. The number of nitrogens with one attached hydrogen (secondary N) is 1. The SMILES string of the molecule is CN1C(=O)CC(C)(c2cc([N+](=O)[O-])ccc2F)N/C1=N/C(=O)O. The minimum Gasteiger partial charge on any atom is -0.463 e. The second-order valence-corrected chi connectivity index (χ2v) is 5.23. The molecule has 0 saturated carbocycles. The number of hydrogen-bond acceptors (Lipinski definition) is 4.